The van der Waals surface area contributed by atoms with Gasteiger partial charge in [0.25, 0.3) is 11.8 Å². The highest BCUT2D eigenvalue weighted by Gasteiger charge is 2.34. The molecule has 0 aromatic heterocycles. The zero-order chi connectivity index (χ0) is 24.0. The molecule has 1 fully saturated rings. The summed E-state index contributed by atoms with van der Waals surface area (Å²) in [6.07, 6.45) is 0.465. The van der Waals surface area contributed by atoms with Crippen molar-refractivity contribution in [3.63, 3.8) is 0 Å². The third-order valence-electron chi connectivity index (χ3n) is 5.21. The highest BCUT2D eigenvalue weighted by molar-refractivity contribution is 5.99. The van der Waals surface area contributed by atoms with Crippen LogP contribution in [0.3, 0.4) is 0 Å². The average molecular weight is 457 g/mol. The summed E-state index contributed by atoms with van der Waals surface area (Å²) >= 11 is 0. The fourth-order valence-corrected chi connectivity index (χ4v) is 3.26. The van der Waals surface area contributed by atoms with Crippen molar-refractivity contribution in [2.75, 3.05) is 6.61 Å². The molecule has 2 atom stereocenters. The highest BCUT2D eigenvalue weighted by atomic mass is 19.1. The predicted octanol–water partition coefficient (Wildman–Crippen LogP) is 3.54. The molecule has 0 spiro atoms. The molecule has 1 aliphatic carbocycles. The fourth-order valence-electron chi connectivity index (χ4n) is 3.26. The first-order valence-corrected chi connectivity index (χ1v) is 11.1. The van der Waals surface area contributed by atoms with E-state index in [9.17, 15) is 18.8 Å². The molecule has 8 heteroatoms. The Labute approximate surface area is 192 Å². The molecule has 7 nitrogen and oxygen atoms in total. The van der Waals surface area contributed by atoms with Crippen molar-refractivity contribution < 1.29 is 28.2 Å². The summed E-state index contributed by atoms with van der Waals surface area (Å²) in [6.45, 7) is 5.72. The Bertz CT molecular complexity index is 989. The second-order valence-corrected chi connectivity index (χ2v) is 8.28. The molecule has 0 aliphatic heterocycles. The lowest BCUT2D eigenvalue weighted by Gasteiger charge is -2.25. The largest absolute Gasteiger partial charge is 0.493 e. The standard InChI is InChI=1S/C25H29FN2O5/c1-4-32-20-8-6-5-7-19(20)23(29)28-21(15(2)3)25(31)33-22(24(30)27-18-13-14-18)16-9-11-17(26)12-10-16/h5-12,15,18,21-22H,4,13-14H2,1-3H3,(H,27,30)(H,28,29)/t21-,22?/m0/s1. The molecule has 0 bridgehead atoms. The minimum Gasteiger partial charge on any atom is -0.493 e. The lowest BCUT2D eigenvalue weighted by atomic mass is 10.0. The van der Waals surface area contributed by atoms with E-state index in [4.69, 9.17) is 9.47 Å². The summed E-state index contributed by atoms with van der Waals surface area (Å²) in [5.41, 5.74) is 0.637. The zero-order valence-electron chi connectivity index (χ0n) is 19.0. The van der Waals surface area contributed by atoms with E-state index in [-0.39, 0.29) is 12.0 Å². The number of benzene rings is 2. The van der Waals surface area contributed by atoms with Gasteiger partial charge in [-0.25, -0.2) is 9.18 Å². The van der Waals surface area contributed by atoms with Crippen molar-refractivity contribution in [2.24, 2.45) is 5.92 Å². The number of amides is 2. The maximum atomic E-state index is 13.4. The monoisotopic (exact) mass is 456 g/mol. The van der Waals surface area contributed by atoms with Crippen LogP contribution in [0, 0.1) is 11.7 Å². The topological polar surface area (TPSA) is 93.7 Å². The highest BCUT2D eigenvalue weighted by Crippen LogP contribution is 2.25. The first kappa shape index (κ1) is 24.2. The van der Waals surface area contributed by atoms with E-state index in [0.29, 0.717) is 23.5 Å². The first-order chi connectivity index (χ1) is 15.8. The van der Waals surface area contributed by atoms with Crippen molar-refractivity contribution in [3.05, 3.63) is 65.5 Å². The molecule has 176 valence electrons. The maximum absolute atomic E-state index is 13.4. The van der Waals surface area contributed by atoms with E-state index in [1.54, 1.807) is 38.1 Å². The SMILES string of the molecule is CCOc1ccccc1C(=O)N[C@H](C(=O)OC(C(=O)NC1CC1)c1ccc(F)cc1)C(C)C. The quantitative estimate of drug-likeness (QED) is 0.534. The Kier molecular flexibility index (Phi) is 8.03. The van der Waals surface area contributed by atoms with Gasteiger partial charge < -0.3 is 20.1 Å². The molecular formula is C25H29FN2O5. The molecule has 0 saturated heterocycles. The Morgan fingerprint density at radius 2 is 1.73 bits per heavy atom. The van der Waals surface area contributed by atoms with Gasteiger partial charge in [-0.2, -0.15) is 0 Å². The Morgan fingerprint density at radius 1 is 1.06 bits per heavy atom. The first-order valence-electron chi connectivity index (χ1n) is 11.1. The molecule has 2 aromatic rings. The van der Waals surface area contributed by atoms with Gasteiger partial charge >= 0.3 is 5.97 Å². The number of carbonyl (C=O) groups excluding carboxylic acids is 3. The van der Waals surface area contributed by atoms with E-state index in [1.807, 2.05) is 6.92 Å². The lowest BCUT2D eigenvalue weighted by molar-refractivity contribution is -0.159. The van der Waals surface area contributed by atoms with Crippen molar-refractivity contribution >= 4 is 17.8 Å². The van der Waals surface area contributed by atoms with E-state index in [2.05, 4.69) is 10.6 Å². The van der Waals surface area contributed by atoms with Crippen LogP contribution in [-0.4, -0.2) is 36.5 Å². The number of hydrogen-bond donors (Lipinski definition) is 2. The predicted molar refractivity (Wildman–Crippen MR) is 120 cm³/mol. The molecule has 2 aromatic carbocycles. The minimum absolute atomic E-state index is 0.0508. The van der Waals surface area contributed by atoms with Gasteiger partial charge in [-0.1, -0.05) is 38.1 Å². The van der Waals surface area contributed by atoms with Crippen LogP contribution in [-0.2, 0) is 14.3 Å². The Morgan fingerprint density at radius 3 is 2.33 bits per heavy atom. The van der Waals surface area contributed by atoms with Crippen LogP contribution in [0.5, 0.6) is 5.75 Å². The normalized spacial score (nSPS) is 14.8. The van der Waals surface area contributed by atoms with E-state index in [0.717, 1.165) is 12.8 Å². The third-order valence-corrected chi connectivity index (χ3v) is 5.21. The van der Waals surface area contributed by atoms with E-state index >= 15 is 0 Å². The third kappa shape index (κ3) is 6.54. The summed E-state index contributed by atoms with van der Waals surface area (Å²) in [6, 6.07) is 11.0. The molecule has 1 aliphatic rings. The smallest absolute Gasteiger partial charge is 0.330 e. The molecule has 1 saturated carbocycles. The van der Waals surface area contributed by atoms with Gasteiger partial charge in [-0.3, -0.25) is 9.59 Å². The second kappa shape index (κ2) is 10.9. The summed E-state index contributed by atoms with van der Waals surface area (Å²) in [5.74, 6) is -2.11. The van der Waals surface area contributed by atoms with Crippen molar-refractivity contribution in [1.29, 1.82) is 0 Å². The van der Waals surface area contributed by atoms with Crippen molar-refractivity contribution in [1.82, 2.24) is 10.6 Å². The van der Waals surface area contributed by atoms with Gasteiger partial charge in [0.1, 0.15) is 17.6 Å². The van der Waals surface area contributed by atoms with E-state index in [1.165, 1.54) is 24.3 Å². The van der Waals surface area contributed by atoms with Gasteiger partial charge in [0.05, 0.1) is 12.2 Å². The van der Waals surface area contributed by atoms with Crippen LogP contribution >= 0.6 is 0 Å². The van der Waals surface area contributed by atoms with Crippen LogP contribution in [0.1, 0.15) is 55.6 Å². The molecular weight excluding hydrogens is 427 g/mol. The van der Waals surface area contributed by atoms with Crippen molar-refractivity contribution in [2.45, 2.75) is 51.8 Å². The summed E-state index contributed by atoms with van der Waals surface area (Å²) in [7, 11) is 0. The van der Waals surface area contributed by atoms with E-state index < -0.39 is 35.7 Å². The molecule has 3 rings (SSSR count). The zero-order valence-corrected chi connectivity index (χ0v) is 19.0. The minimum atomic E-state index is -1.26. The number of para-hydroxylation sites is 1. The number of hydrogen-bond acceptors (Lipinski definition) is 5. The van der Waals surface area contributed by atoms with Crippen LogP contribution in [0.4, 0.5) is 4.39 Å². The number of halogens is 1. The Hall–Kier alpha value is -3.42. The van der Waals surface area contributed by atoms with Gasteiger partial charge in [0, 0.05) is 11.6 Å². The number of esters is 1. The summed E-state index contributed by atoms with van der Waals surface area (Å²) in [5, 5.41) is 5.52. The molecule has 2 amide bonds. The number of rotatable bonds is 10. The van der Waals surface area contributed by atoms with Crippen LogP contribution in [0.25, 0.3) is 0 Å². The van der Waals surface area contributed by atoms with Crippen molar-refractivity contribution in [3.8, 4) is 5.75 Å². The summed E-state index contributed by atoms with van der Waals surface area (Å²) in [4.78, 5) is 38.8. The van der Waals surface area contributed by atoms with Gasteiger partial charge in [0.15, 0.2) is 0 Å². The maximum Gasteiger partial charge on any atom is 0.330 e. The molecule has 0 heterocycles. The van der Waals surface area contributed by atoms with Gasteiger partial charge in [-0.15, -0.1) is 0 Å². The van der Waals surface area contributed by atoms with Crippen LogP contribution in [0.15, 0.2) is 48.5 Å². The molecule has 0 radical (unpaired) electrons. The number of nitrogens with one attached hydrogen (secondary N) is 2. The van der Waals surface area contributed by atoms with Gasteiger partial charge in [0.2, 0.25) is 6.10 Å². The molecule has 33 heavy (non-hydrogen) atoms. The Balaban J connectivity index is 1.78. The fraction of sp³-hybridized carbons (Fsp3) is 0.400. The molecule has 1 unspecified atom stereocenters. The second-order valence-electron chi connectivity index (χ2n) is 8.28. The van der Waals surface area contributed by atoms with Gasteiger partial charge in [-0.05, 0) is 49.9 Å². The van der Waals surface area contributed by atoms with Crippen LogP contribution < -0.4 is 15.4 Å². The summed E-state index contributed by atoms with van der Waals surface area (Å²) < 4.78 is 24.5. The number of ether oxygens (including phenoxy) is 2. The lowest BCUT2D eigenvalue weighted by Crippen LogP contribution is -2.46. The average Bonchev–Trinajstić information content (AvgIpc) is 3.60. The van der Waals surface area contributed by atoms with Crippen LogP contribution in [0.2, 0.25) is 0 Å². The molecule has 2 N–H and O–H groups in total. The number of carbonyl (C=O) groups is 3.